The lowest BCUT2D eigenvalue weighted by Gasteiger charge is -2.38. The summed E-state index contributed by atoms with van der Waals surface area (Å²) in [5, 5.41) is 3.12. The normalized spacial score (nSPS) is 27.5. The summed E-state index contributed by atoms with van der Waals surface area (Å²) in [5.74, 6) is 0. The Morgan fingerprint density at radius 1 is 1.24 bits per heavy atom. The number of carbonyl (C=O) groups excluding carboxylic acids is 1. The van der Waals surface area contributed by atoms with Crippen LogP contribution >= 0.6 is 0 Å². The van der Waals surface area contributed by atoms with Gasteiger partial charge in [-0.1, -0.05) is 12.1 Å². The molecule has 2 fully saturated rings. The first kappa shape index (κ1) is 18.2. The number of amides is 2. The van der Waals surface area contributed by atoms with Crippen LogP contribution in [-0.4, -0.2) is 60.3 Å². The molecule has 0 spiro atoms. The molecule has 25 heavy (non-hydrogen) atoms. The molecule has 2 amide bonds. The van der Waals surface area contributed by atoms with Crippen LogP contribution in [0.2, 0.25) is 0 Å². The number of nitrogens with one attached hydrogen (secondary N) is 1. The molecule has 3 rings (SSSR count). The van der Waals surface area contributed by atoms with E-state index in [-0.39, 0.29) is 18.2 Å². The van der Waals surface area contributed by atoms with Gasteiger partial charge in [-0.15, -0.1) is 0 Å². The molecule has 1 aromatic carbocycles. The van der Waals surface area contributed by atoms with Gasteiger partial charge in [0.2, 0.25) is 0 Å². The average molecular weight is 345 g/mol. The molecule has 0 radical (unpaired) electrons. The molecule has 2 aliphatic heterocycles. The fourth-order valence-electron chi connectivity index (χ4n) is 4.08. The quantitative estimate of drug-likeness (QED) is 0.913. The van der Waals surface area contributed by atoms with Gasteiger partial charge in [-0.05, 0) is 57.7 Å². The maximum atomic E-state index is 12.8. The first-order chi connectivity index (χ1) is 11.9. The van der Waals surface area contributed by atoms with E-state index in [0.29, 0.717) is 6.04 Å². The minimum atomic E-state index is 0.0329. The highest BCUT2D eigenvalue weighted by Crippen LogP contribution is 2.23. The fourth-order valence-corrected chi connectivity index (χ4v) is 4.08. The number of anilines is 1. The van der Waals surface area contributed by atoms with Gasteiger partial charge in [0, 0.05) is 37.9 Å². The maximum Gasteiger partial charge on any atom is 0.322 e. The van der Waals surface area contributed by atoms with E-state index in [1.54, 1.807) is 0 Å². The van der Waals surface area contributed by atoms with E-state index in [4.69, 9.17) is 4.74 Å². The first-order valence-corrected chi connectivity index (χ1v) is 9.45. The van der Waals surface area contributed by atoms with Crippen molar-refractivity contribution in [1.82, 2.24) is 9.80 Å². The molecule has 0 bridgehead atoms. The Bertz CT molecular complexity index is 609. The van der Waals surface area contributed by atoms with Gasteiger partial charge < -0.3 is 15.0 Å². The highest BCUT2D eigenvalue weighted by atomic mass is 16.5. The molecule has 2 saturated heterocycles. The molecule has 0 aromatic heterocycles. The molecular formula is C20H31N3O2. The molecule has 138 valence electrons. The number of hydrogen-bond donors (Lipinski definition) is 1. The number of carbonyl (C=O) groups is 1. The van der Waals surface area contributed by atoms with E-state index in [1.807, 2.05) is 17.9 Å². The second-order valence-corrected chi connectivity index (χ2v) is 7.71. The third-order valence-electron chi connectivity index (χ3n) is 5.24. The van der Waals surface area contributed by atoms with Crippen LogP contribution in [0.15, 0.2) is 18.2 Å². The summed E-state index contributed by atoms with van der Waals surface area (Å²) < 4.78 is 5.82. The average Bonchev–Trinajstić information content (AvgIpc) is 2.98. The van der Waals surface area contributed by atoms with Crippen LogP contribution in [0.3, 0.4) is 0 Å². The molecule has 5 heteroatoms. The van der Waals surface area contributed by atoms with E-state index in [9.17, 15) is 4.79 Å². The van der Waals surface area contributed by atoms with Crippen molar-refractivity contribution in [3.05, 3.63) is 29.3 Å². The van der Waals surface area contributed by atoms with Crippen molar-refractivity contribution in [3.63, 3.8) is 0 Å². The zero-order valence-electron chi connectivity index (χ0n) is 15.9. The lowest BCUT2D eigenvalue weighted by atomic mass is 10.1. The number of urea groups is 1. The highest BCUT2D eigenvalue weighted by molar-refractivity contribution is 5.90. The number of rotatable bonds is 3. The smallest absolute Gasteiger partial charge is 0.322 e. The number of morpholine rings is 1. The third kappa shape index (κ3) is 4.53. The van der Waals surface area contributed by atoms with Crippen molar-refractivity contribution in [2.75, 3.05) is 31.5 Å². The Morgan fingerprint density at radius 2 is 1.96 bits per heavy atom. The van der Waals surface area contributed by atoms with E-state index >= 15 is 0 Å². The van der Waals surface area contributed by atoms with Gasteiger partial charge in [-0.3, -0.25) is 4.90 Å². The zero-order chi connectivity index (χ0) is 18.0. The summed E-state index contributed by atoms with van der Waals surface area (Å²) in [7, 11) is 0. The first-order valence-electron chi connectivity index (χ1n) is 9.45. The van der Waals surface area contributed by atoms with E-state index in [0.717, 1.165) is 55.8 Å². The summed E-state index contributed by atoms with van der Waals surface area (Å²) in [5.41, 5.74) is 3.19. The maximum absolute atomic E-state index is 12.8. The van der Waals surface area contributed by atoms with Crippen molar-refractivity contribution < 1.29 is 9.53 Å². The largest absolute Gasteiger partial charge is 0.373 e. The molecule has 0 saturated carbocycles. The lowest BCUT2D eigenvalue weighted by Crippen LogP contribution is -2.51. The fraction of sp³-hybridized carbons (Fsp3) is 0.650. The molecule has 1 aromatic rings. The second-order valence-electron chi connectivity index (χ2n) is 7.71. The summed E-state index contributed by atoms with van der Waals surface area (Å²) in [6.45, 7) is 12.0. The standard InChI is InChI=1S/C20H31N3O2/c1-14-7-8-15(2)19(10-14)21-20(24)23-9-5-6-18(23)13-22-11-16(3)25-17(4)12-22/h7-8,10,16-18H,5-6,9,11-13H2,1-4H3,(H,21,24)/t16-,17-,18+/m0/s1. The lowest BCUT2D eigenvalue weighted by molar-refractivity contribution is -0.0712. The van der Waals surface area contributed by atoms with Gasteiger partial charge in [0.1, 0.15) is 0 Å². The van der Waals surface area contributed by atoms with Gasteiger partial charge in [0.15, 0.2) is 0 Å². The number of aryl methyl sites for hydroxylation is 2. The van der Waals surface area contributed by atoms with Crippen LogP contribution in [0.5, 0.6) is 0 Å². The summed E-state index contributed by atoms with van der Waals surface area (Å²) in [6, 6.07) is 6.50. The van der Waals surface area contributed by atoms with Gasteiger partial charge in [-0.2, -0.15) is 0 Å². The summed E-state index contributed by atoms with van der Waals surface area (Å²) in [4.78, 5) is 17.3. The van der Waals surface area contributed by atoms with Crippen molar-refractivity contribution in [1.29, 1.82) is 0 Å². The second kappa shape index (κ2) is 7.75. The van der Waals surface area contributed by atoms with E-state index < -0.39 is 0 Å². The minimum absolute atomic E-state index is 0.0329. The van der Waals surface area contributed by atoms with Gasteiger partial charge >= 0.3 is 6.03 Å². The van der Waals surface area contributed by atoms with Crippen molar-refractivity contribution in [2.45, 2.75) is 58.8 Å². The predicted octanol–water partition coefficient (Wildman–Crippen LogP) is 3.41. The minimum Gasteiger partial charge on any atom is -0.373 e. The van der Waals surface area contributed by atoms with Crippen LogP contribution in [-0.2, 0) is 4.74 Å². The van der Waals surface area contributed by atoms with E-state index in [1.165, 1.54) is 0 Å². The molecule has 5 nitrogen and oxygen atoms in total. The van der Waals surface area contributed by atoms with Gasteiger partial charge in [-0.25, -0.2) is 4.79 Å². The molecule has 1 N–H and O–H groups in total. The SMILES string of the molecule is Cc1ccc(C)c(NC(=O)N2CCC[C@@H]2CN2C[C@H](C)O[C@@H](C)C2)c1. The zero-order valence-corrected chi connectivity index (χ0v) is 15.9. The number of nitrogens with zero attached hydrogens (tertiary/aromatic N) is 2. The van der Waals surface area contributed by atoms with Crippen LogP contribution < -0.4 is 5.32 Å². The van der Waals surface area contributed by atoms with Gasteiger partial charge in [0.25, 0.3) is 0 Å². The number of likely N-dealkylation sites (tertiary alicyclic amines) is 1. The van der Waals surface area contributed by atoms with Crippen LogP contribution in [0, 0.1) is 13.8 Å². The molecule has 0 aliphatic carbocycles. The Labute approximate surface area is 151 Å². The molecule has 2 heterocycles. The summed E-state index contributed by atoms with van der Waals surface area (Å²) in [6.07, 6.45) is 2.70. The van der Waals surface area contributed by atoms with E-state index in [2.05, 4.69) is 43.1 Å². The third-order valence-corrected chi connectivity index (χ3v) is 5.24. The highest BCUT2D eigenvalue weighted by Gasteiger charge is 2.32. The number of ether oxygens (including phenoxy) is 1. The van der Waals surface area contributed by atoms with Crippen LogP contribution in [0.1, 0.15) is 37.8 Å². The molecule has 3 atom stereocenters. The molecular weight excluding hydrogens is 314 g/mol. The van der Waals surface area contributed by atoms with Crippen LogP contribution in [0.25, 0.3) is 0 Å². The predicted molar refractivity (Wildman–Crippen MR) is 101 cm³/mol. The molecule has 0 unspecified atom stereocenters. The Balaban J connectivity index is 1.62. The van der Waals surface area contributed by atoms with Crippen molar-refractivity contribution in [3.8, 4) is 0 Å². The van der Waals surface area contributed by atoms with Crippen LogP contribution in [0.4, 0.5) is 10.5 Å². The summed E-state index contributed by atoms with van der Waals surface area (Å²) >= 11 is 0. The van der Waals surface area contributed by atoms with Crippen molar-refractivity contribution in [2.24, 2.45) is 0 Å². The Hall–Kier alpha value is -1.59. The number of hydrogen-bond acceptors (Lipinski definition) is 3. The monoisotopic (exact) mass is 345 g/mol. The Kier molecular flexibility index (Phi) is 5.64. The topological polar surface area (TPSA) is 44.8 Å². The number of benzene rings is 1. The Morgan fingerprint density at radius 3 is 2.68 bits per heavy atom. The molecule has 2 aliphatic rings. The van der Waals surface area contributed by atoms with Gasteiger partial charge in [0.05, 0.1) is 12.2 Å². The van der Waals surface area contributed by atoms with Crippen molar-refractivity contribution >= 4 is 11.7 Å².